The minimum absolute atomic E-state index is 0.244. The number of nitrogens with one attached hydrogen (secondary N) is 1. The first-order chi connectivity index (χ1) is 6.74. The van der Waals surface area contributed by atoms with Crippen LogP contribution in [0, 0.1) is 6.92 Å². The van der Waals surface area contributed by atoms with Crippen LogP contribution in [0.4, 0.5) is 4.39 Å². The lowest BCUT2D eigenvalue weighted by Crippen LogP contribution is -2.15. The summed E-state index contributed by atoms with van der Waals surface area (Å²) in [5.41, 5.74) is 2.53. The van der Waals surface area contributed by atoms with Gasteiger partial charge in [-0.3, -0.25) is 4.39 Å². The van der Waals surface area contributed by atoms with E-state index in [1.807, 2.05) is 6.07 Å². The Labute approximate surface area is 92.8 Å². The number of aryl methyl sites for hydroxylation is 1. The van der Waals surface area contributed by atoms with Gasteiger partial charge >= 0.3 is 0 Å². The lowest BCUT2D eigenvalue weighted by Gasteiger charge is -2.07. The second-order valence-electron chi connectivity index (χ2n) is 3.29. The molecule has 1 rings (SSSR count). The standard InChI is InChI=1S/C11H15BrFN/c1-9-7-11(12)4-3-10(9)8-14-6-2-5-13/h3-4,7,14H,2,5-6,8H2,1H3. The van der Waals surface area contributed by atoms with E-state index in [2.05, 4.69) is 40.3 Å². The van der Waals surface area contributed by atoms with Gasteiger partial charge in [0.15, 0.2) is 0 Å². The zero-order valence-corrected chi connectivity index (χ0v) is 9.90. The fraction of sp³-hybridized carbons (Fsp3) is 0.455. The van der Waals surface area contributed by atoms with Crippen LogP contribution in [-0.2, 0) is 6.54 Å². The van der Waals surface area contributed by atoms with Crippen LogP contribution in [0.25, 0.3) is 0 Å². The average molecular weight is 260 g/mol. The summed E-state index contributed by atoms with van der Waals surface area (Å²) in [4.78, 5) is 0. The van der Waals surface area contributed by atoms with Gasteiger partial charge in [0.25, 0.3) is 0 Å². The lowest BCUT2D eigenvalue weighted by atomic mass is 10.1. The number of rotatable bonds is 5. The molecule has 0 aliphatic carbocycles. The fourth-order valence-corrected chi connectivity index (χ4v) is 1.75. The zero-order chi connectivity index (χ0) is 10.4. The summed E-state index contributed by atoms with van der Waals surface area (Å²) in [6.45, 7) is 3.40. The van der Waals surface area contributed by atoms with Crippen molar-refractivity contribution in [2.75, 3.05) is 13.2 Å². The van der Waals surface area contributed by atoms with Gasteiger partial charge in [-0.2, -0.15) is 0 Å². The summed E-state index contributed by atoms with van der Waals surface area (Å²) in [7, 11) is 0. The summed E-state index contributed by atoms with van der Waals surface area (Å²) in [6.07, 6.45) is 0.593. The minimum atomic E-state index is -0.244. The molecule has 14 heavy (non-hydrogen) atoms. The third kappa shape index (κ3) is 3.76. The van der Waals surface area contributed by atoms with Crippen molar-refractivity contribution in [3.63, 3.8) is 0 Å². The second kappa shape index (κ2) is 6.14. The van der Waals surface area contributed by atoms with Crippen molar-refractivity contribution in [1.29, 1.82) is 0 Å². The Balaban J connectivity index is 2.42. The fourth-order valence-electron chi connectivity index (χ4n) is 1.27. The highest BCUT2D eigenvalue weighted by Gasteiger charge is 1.98. The first kappa shape index (κ1) is 11.7. The Morgan fingerprint density at radius 3 is 2.86 bits per heavy atom. The molecular weight excluding hydrogens is 245 g/mol. The third-order valence-electron chi connectivity index (χ3n) is 2.11. The Morgan fingerprint density at radius 1 is 1.43 bits per heavy atom. The number of hydrogen-bond donors (Lipinski definition) is 1. The number of halogens is 2. The Morgan fingerprint density at radius 2 is 2.21 bits per heavy atom. The molecule has 0 spiro atoms. The van der Waals surface area contributed by atoms with Crippen molar-refractivity contribution in [2.45, 2.75) is 19.9 Å². The molecule has 0 saturated carbocycles. The molecule has 0 radical (unpaired) electrons. The van der Waals surface area contributed by atoms with Crippen LogP contribution in [0.2, 0.25) is 0 Å². The molecule has 1 N–H and O–H groups in total. The third-order valence-corrected chi connectivity index (χ3v) is 2.60. The maximum atomic E-state index is 11.8. The summed E-state index contributed by atoms with van der Waals surface area (Å²) >= 11 is 3.42. The van der Waals surface area contributed by atoms with Crippen molar-refractivity contribution in [1.82, 2.24) is 5.32 Å². The molecule has 78 valence electrons. The van der Waals surface area contributed by atoms with Crippen molar-refractivity contribution in [2.24, 2.45) is 0 Å². The smallest absolute Gasteiger partial charge is 0.0906 e. The van der Waals surface area contributed by atoms with E-state index in [0.717, 1.165) is 17.6 Å². The van der Waals surface area contributed by atoms with Crippen LogP contribution in [0.3, 0.4) is 0 Å². The van der Waals surface area contributed by atoms with Crippen LogP contribution < -0.4 is 5.32 Å². The summed E-state index contributed by atoms with van der Waals surface area (Å²) < 4.78 is 12.9. The molecule has 0 aliphatic rings. The predicted octanol–water partition coefficient (Wildman–Crippen LogP) is 3.21. The van der Waals surface area contributed by atoms with Crippen molar-refractivity contribution >= 4 is 15.9 Å². The molecule has 1 aromatic rings. The number of hydrogen-bond acceptors (Lipinski definition) is 1. The molecule has 0 amide bonds. The molecule has 1 nitrogen and oxygen atoms in total. The van der Waals surface area contributed by atoms with E-state index in [1.165, 1.54) is 11.1 Å². The Bertz CT molecular complexity index is 289. The molecule has 0 unspecified atom stereocenters. The van der Waals surface area contributed by atoms with Gasteiger partial charge in [-0.15, -0.1) is 0 Å². The molecule has 0 heterocycles. The van der Waals surface area contributed by atoms with E-state index in [4.69, 9.17) is 0 Å². The maximum absolute atomic E-state index is 11.8. The van der Waals surface area contributed by atoms with E-state index < -0.39 is 0 Å². The van der Waals surface area contributed by atoms with Gasteiger partial charge in [-0.05, 0) is 43.1 Å². The Hall–Kier alpha value is -0.410. The van der Waals surface area contributed by atoms with Crippen molar-refractivity contribution in [3.05, 3.63) is 33.8 Å². The van der Waals surface area contributed by atoms with Crippen LogP contribution >= 0.6 is 15.9 Å². The van der Waals surface area contributed by atoms with Crippen LogP contribution in [-0.4, -0.2) is 13.2 Å². The molecule has 0 aromatic heterocycles. The molecule has 1 aromatic carbocycles. The molecule has 0 fully saturated rings. The van der Waals surface area contributed by atoms with E-state index >= 15 is 0 Å². The van der Waals surface area contributed by atoms with Crippen LogP contribution in [0.15, 0.2) is 22.7 Å². The van der Waals surface area contributed by atoms with Gasteiger partial charge in [-0.1, -0.05) is 22.0 Å². The molecular formula is C11H15BrFN. The normalized spacial score (nSPS) is 10.5. The number of benzene rings is 1. The lowest BCUT2D eigenvalue weighted by molar-refractivity contribution is 0.459. The quantitative estimate of drug-likeness (QED) is 0.801. The van der Waals surface area contributed by atoms with E-state index in [1.54, 1.807) is 0 Å². The molecule has 0 aliphatic heterocycles. The minimum Gasteiger partial charge on any atom is -0.313 e. The maximum Gasteiger partial charge on any atom is 0.0906 e. The average Bonchev–Trinajstić information content (AvgIpc) is 2.15. The van der Waals surface area contributed by atoms with Gasteiger partial charge in [0, 0.05) is 11.0 Å². The first-order valence-electron chi connectivity index (χ1n) is 4.75. The van der Waals surface area contributed by atoms with Gasteiger partial charge in [0.2, 0.25) is 0 Å². The molecule has 0 saturated heterocycles. The summed E-state index contributed by atoms with van der Waals surface area (Å²) in [5, 5.41) is 3.21. The monoisotopic (exact) mass is 259 g/mol. The highest BCUT2D eigenvalue weighted by Crippen LogP contribution is 2.15. The van der Waals surface area contributed by atoms with E-state index in [0.29, 0.717) is 6.42 Å². The first-order valence-corrected chi connectivity index (χ1v) is 5.55. The Kier molecular flexibility index (Phi) is 5.12. The molecule has 0 atom stereocenters. The van der Waals surface area contributed by atoms with Gasteiger partial charge < -0.3 is 5.32 Å². The SMILES string of the molecule is Cc1cc(Br)ccc1CNCCCF. The van der Waals surface area contributed by atoms with Crippen molar-refractivity contribution in [3.8, 4) is 0 Å². The van der Waals surface area contributed by atoms with Gasteiger partial charge in [0.05, 0.1) is 6.67 Å². The molecule has 3 heteroatoms. The van der Waals surface area contributed by atoms with Crippen LogP contribution in [0.5, 0.6) is 0 Å². The number of alkyl halides is 1. The second-order valence-corrected chi connectivity index (χ2v) is 4.21. The van der Waals surface area contributed by atoms with Gasteiger partial charge in [0.1, 0.15) is 0 Å². The predicted molar refractivity (Wildman–Crippen MR) is 61.2 cm³/mol. The van der Waals surface area contributed by atoms with Crippen LogP contribution in [0.1, 0.15) is 17.5 Å². The highest BCUT2D eigenvalue weighted by molar-refractivity contribution is 9.10. The van der Waals surface area contributed by atoms with Gasteiger partial charge in [-0.25, -0.2) is 0 Å². The van der Waals surface area contributed by atoms with E-state index in [-0.39, 0.29) is 6.67 Å². The zero-order valence-electron chi connectivity index (χ0n) is 8.32. The molecule has 0 bridgehead atoms. The largest absolute Gasteiger partial charge is 0.313 e. The summed E-state index contributed by atoms with van der Waals surface area (Å²) in [6, 6.07) is 6.20. The topological polar surface area (TPSA) is 12.0 Å². The van der Waals surface area contributed by atoms with Crippen molar-refractivity contribution < 1.29 is 4.39 Å². The highest BCUT2D eigenvalue weighted by atomic mass is 79.9. The van der Waals surface area contributed by atoms with E-state index in [9.17, 15) is 4.39 Å². The summed E-state index contributed by atoms with van der Waals surface area (Å²) in [5.74, 6) is 0.